The first kappa shape index (κ1) is 15.3. The molecule has 0 bridgehead atoms. The molecule has 1 amide bonds. The number of carbonyl (C=O) groups excluding carboxylic acids is 1. The summed E-state index contributed by atoms with van der Waals surface area (Å²) in [5, 5.41) is 4.11. The number of benzene rings is 1. The number of likely N-dealkylation sites (tertiary alicyclic amines) is 1. The summed E-state index contributed by atoms with van der Waals surface area (Å²) in [5.74, 6) is 1.31. The van der Waals surface area contributed by atoms with Gasteiger partial charge in [0, 0.05) is 23.1 Å². The van der Waals surface area contributed by atoms with Crippen molar-refractivity contribution in [3.63, 3.8) is 0 Å². The zero-order valence-corrected chi connectivity index (χ0v) is 14.4. The van der Waals surface area contributed by atoms with Gasteiger partial charge in [0.15, 0.2) is 0 Å². The van der Waals surface area contributed by atoms with Gasteiger partial charge in [0.05, 0.1) is 0 Å². The third kappa shape index (κ3) is 2.95. The smallest absolute Gasteiger partial charge is 0.259 e. The highest BCUT2D eigenvalue weighted by atomic mass is 79.9. The number of nitrogens with zero attached hydrogens (tertiary/aromatic N) is 2. The van der Waals surface area contributed by atoms with Crippen molar-refractivity contribution < 1.29 is 9.32 Å². The van der Waals surface area contributed by atoms with E-state index < -0.39 is 0 Å². The van der Waals surface area contributed by atoms with Crippen molar-refractivity contribution in [3.8, 4) is 11.3 Å². The van der Waals surface area contributed by atoms with E-state index in [0.717, 1.165) is 36.0 Å². The summed E-state index contributed by atoms with van der Waals surface area (Å²) < 4.78 is 6.30. The van der Waals surface area contributed by atoms with Crippen LogP contribution in [0.5, 0.6) is 0 Å². The molecule has 0 aliphatic carbocycles. The zero-order chi connectivity index (χ0) is 15.7. The molecule has 1 aliphatic rings. The van der Waals surface area contributed by atoms with E-state index in [-0.39, 0.29) is 5.91 Å². The fourth-order valence-electron chi connectivity index (χ4n) is 2.80. The molecule has 0 atom stereocenters. The molecule has 0 N–H and O–H groups in total. The lowest BCUT2D eigenvalue weighted by Crippen LogP contribution is -2.38. The number of amides is 1. The number of piperidine rings is 1. The van der Waals surface area contributed by atoms with Crippen molar-refractivity contribution in [2.24, 2.45) is 5.92 Å². The summed E-state index contributed by atoms with van der Waals surface area (Å²) in [6, 6.07) is 7.76. The molecule has 116 valence electrons. The second kappa shape index (κ2) is 6.24. The van der Waals surface area contributed by atoms with Gasteiger partial charge in [0.2, 0.25) is 0 Å². The van der Waals surface area contributed by atoms with Gasteiger partial charge in [-0.3, -0.25) is 4.79 Å². The molecule has 0 spiro atoms. The maximum atomic E-state index is 12.9. The molecule has 0 unspecified atom stereocenters. The average Bonchev–Trinajstić information content (AvgIpc) is 2.90. The van der Waals surface area contributed by atoms with Crippen LogP contribution in [0, 0.1) is 12.8 Å². The molecule has 2 heterocycles. The Kier molecular flexibility index (Phi) is 4.34. The van der Waals surface area contributed by atoms with Gasteiger partial charge in [0.25, 0.3) is 5.91 Å². The van der Waals surface area contributed by atoms with E-state index in [0.29, 0.717) is 22.9 Å². The largest absolute Gasteiger partial charge is 0.360 e. The Hall–Kier alpha value is -1.62. The summed E-state index contributed by atoms with van der Waals surface area (Å²) in [6.07, 6.45) is 2.12. The zero-order valence-electron chi connectivity index (χ0n) is 12.8. The van der Waals surface area contributed by atoms with Gasteiger partial charge in [-0.25, -0.2) is 0 Å². The average molecular weight is 363 g/mol. The van der Waals surface area contributed by atoms with E-state index in [1.807, 2.05) is 29.2 Å². The number of hydrogen-bond acceptors (Lipinski definition) is 3. The molecule has 22 heavy (non-hydrogen) atoms. The van der Waals surface area contributed by atoms with Gasteiger partial charge < -0.3 is 9.42 Å². The number of aromatic nitrogens is 1. The van der Waals surface area contributed by atoms with Crippen molar-refractivity contribution in [3.05, 3.63) is 40.1 Å². The number of aryl methyl sites for hydroxylation is 1. The molecule has 1 aromatic heterocycles. The van der Waals surface area contributed by atoms with Crippen LogP contribution in [0.25, 0.3) is 11.3 Å². The Morgan fingerprint density at radius 2 is 1.91 bits per heavy atom. The first-order chi connectivity index (χ1) is 10.6. The highest BCUT2D eigenvalue weighted by molar-refractivity contribution is 9.10. The molecule has 0 radical (unpaired) electrons. The first-order valence-electron chi connectivity index (χ1n) is 7.57. The molecule has 4 nitrogen and oxygen atoms in total. The Morgan fingerprint density at radius 1 is 1.27 bits per heavy atom. The second-order valence-electron chi connectivity index (χ2n) is 5.94. The van der Waals surface area contributed by atoms with E-state index in [1.54, 1.807) is 6.92 Å². The Morgan fingerprint density at radius 3 is 2.55 bits per heavy atom. The normalized spacial score (nSPS) is 16.0. The lowest BCUT2D eigenvalue weighted by molar-refractivity contribution is 0.0696. The quantitative estimate of drug-likeness (QED) is 0.800. The molecule has 1 aromatic carbocycles. The SMILES string of the molecule is Cc1onc(-c2ccc(Br)cc2)c1C(=O)N1CCC(C)CC1. The standard InChI is InChI=1S/C17H19BrN2O2/c1-11-7-9-20(10-8-11)17(21)15-12(2)22-19-16(15)13-3-5-14(18)6-4-13/h3-6,11H,7-10H2,1-2H3. The van der Waals surface area contributed by atoms with Crippen LogP contribution in [-0.4, -0.2) is 29.1 Å². The fourth-order valence-corrected chi connectivity index (χ4v) is 3.06. The number of hydrogen-bond donors (Lipinski definition) is 0. The van der Waals surface area contributed by atoms with Crippen LogP contribution in [0.3, 0.4) is 0 Å². The van der Waals surface area contributed by atoms with E-state index in [4.69, 9.17) is 4.52 Å². The van der Waals surface area contributed by atoms with Crippen LogP contribution in [-0.2, 0) is 0 Å². The number of halogens is 1. The van der Waals surface area contributed by atoms with Gasteiger partial charge in [0.1, 0.15) is 17.0 Å². The molecular formula is C17H19BrN2O2. The van der Waals surface area contributed by atoms with Crippen LogP contribution in [0.1, 0.15) is 35.9 Å². The predicted molar refractivity (Wildman–Crippen MR) is 88.7 cm³/mol. The highest BCUT2D eigenvalue weighted by Crippen LogP contribution is 2.29. The van der Waals surface area contributed by atoms with Crippen molar-refractivity contribution in [1.82, 2.24) is 10.1 Å². The monoisotopic (exact) mass is 362 g/mol. The minimum absolute atomic E-state index is 0.0311. The van der Waals surface area contributed by atoms with Crippen molar-refractivity contribution in [1.29, 1.82) is 0 Å². The van der Waals surface area contributed by atoms with Crippen LogP contribution in [0.4, 0.5) is 0 Å². The Bertz CT molecular complexity index is 670. The minimum Gasteiger partial charge on any atom is -0.360 e. The molecular weight excluding hydrogens is 344 g/mol. The summed E-state index contributed by atoms with van der Waals surface area (Å²) in [5.41, 5.74) is 2.12. The van der Waals surface area contributed by atoms with Gasteiger partial charge in [-0.2, -0.15) is 0 Å². The summed E-state index contributed by atoms with van der Waals surface area (Å²) in [4.78, 5) is 14.8. The minimum atomic E-state index is 0.0311. The maximum absolute atomic E-state index is 12.9. The summed E-state index contributed by atoms with van der Waals surface area (Å²) in [6.45, 7) is 5.66. The molecule has 0 saturated carbocycles. The van der Waals surface area contributed by atoms with Crippen LogP contribution >= 0.6 is 15.9 Å². The Balaban J connectivity index is 1.92. The van der Waals surface area contributed by atoms with Crippen LogP contribution < -0.4 is 0 Å². The van der Waals surface area contributed by atoms with E-state index in [1.165, 1.54) is 0 Å². The van der Waals surface area contributed by atoms with Crippen LogP contribution in [0.2, 0.25) is 0 Å². The third-order valence-electron chi connectivity index (χ3n) is 4.27. The van der Waals surface area contributed by atoms with Gasteiger partial charge in [-0.15, -0.1) is 0 Å². The third-order valence-corrected chi connectivity index (χ3v) is 4.79. The number of rotatable bonds is 2. The predicted octanol–water partition coefficient (Wildman–Crippen LogP) is 4.28. The highest BCUT2D eigenvalue weighted by Gasteiger charge is 2.28. The van der Waals surface area contributed by atoms with Crippen molar-refractivity contribution >= 4 is 21.8 Å². The van der Waals surface area contributed by atoms with Crippen molar-refractivity contribution in [2.45, 2.75) is 26.7 Å². The molecule has 5 heteroatoms. The van der Waals surface area contributed by atoms with Crippen molar-refractivity contribution in [2.75, 3.05) is 13.1 Å². The second-order valence-corrected chi connectivity index (χ2v) is 6.86. The maximum Gasteiger partial charge on any atom is 0.259 e. The van der Waals surface area contributed by atoms with E-state index in [9.17, 15) is 4.79 Å². The Labute approximate surface area is 138 Å². The van der Waals surface area contributed by atoms with E-state index >= 15 is 0 Å². The molecule has 3 rings (SSSR count). The summed E-state index contributed by atoms with van der Waals surface area (Å²) >= 11 is 3.42. The molecule has 1 fully saturated rings. The topological polar surface area (TPSA) is 46.3 Å². The van der Waals surface area contributed by atoms with Gasteiger partial charge >= 0.3 is 0 Å². The lowest BCUT2D eigenvalue weighted by Gasteiger charge is -2.30. The fraction of sp³-hybridized carbons (Fsp3) is 0.412. The molecule has 1 aliphatic heterocycles. The molecule has 1 saturated heterocycles. The summed E-state index contributed by atoms with van der Waals surface area (Å²) in [7, 11) is 0. The molecule has 2 aromatic rings. The lowest BCUT2D eigenvalue weighted by atomic mass is 9.98. The van der Waals surface area contributed by atoms with E-state index in [2.05, 4.69) is 28.0 Å². The first-order valence-corrected chi connectivity index (χ1v) is 8.37. The van der Waals surface area contributed by atoms with Gasteiger partial charge in [-0.05, 0) is 37.8 Å². The van der Waals surface area contributed by atoms with Crippen LogP contribution in [0.15, 0.2) is 33.3 Å². The van der Waals surface area contributed by atoms with Gasteiger partial charge in [-0.1, -0.05) is 40.1 Å². The number of carbonyl (C=O) groups is 1.